The standard InChI is InChI=1S/C14H17ClN2O.ClH/c15-14-12(2-1-3-16-14)18-13-10-4-9-5-11(13)8-17(6-9)7-10;/h1-3,9-11,13H,4-8H2;1H. The largest absolute Gasteiger partial charge is 0.487 e. The molecule has 104 valence electrons. The van der Waals surface area contributed by atoms with E-state index in [-0.39, 0.29) is 12.4 Å². The normalized spacial score (nSPS) is 38.9. The number of hydrogen-bond donors (Lipinski definition) is 0. The molecule has 2 atom stereocenters. The molecule has 0 N–H and O–H groups in total. The van der Waals surface area contributed by atoms with Crippen LogP contribution in [-0.2, 0) is 0 Å². The molecule has 2 unspecified atom stereocenters. The van der Waals surface area contributed by atoms with Crippen LogP contribution in [0.2, 0.25) is 5.15 Å². The van der Waals surface area contributed by atoms with Gasteiger partial charge >= 0.3 is 0 Å². The summed E-state index contributed by atoms with van der Waals surface area (Å²) in [5.41, 5.74) is 0. The van der Waals surface area contributed by atoms with Gasteiger partial charge < -0.3 is 9.64 Å². The van der Waals surface area contributed by atoms with Gasteiger partial charge in [0.2, 0.25) is 0 Å². The Morgan fingerprint density at radius 2 is 1.95 bits per heavy atom. The van der Waals surface area contributed by atoms with Crippen LogP contribution in [0.25, 0.3) is 0 Å². The molecular formula is C14H18Cl2N2O. The predicted molar refractivity (Wildman–Crippen MR) is 77.1 cm³/mol. The first-order valence-electron chi connectivity index (χ1n) is 6.79. The molecule has 4 bridgehead atoms. The van der Waals surface area contributed by atoms with Gasteiger partial charge in [-0.15, -0.1) is 12.4 Å². The van der Waals surface area contributed by atoms with Crippen molar-refractivity contribution in [3.05, 3.63) is 23.5 Å². The fourth-order valence-electron chi connectivity index (χ4n) is 4.16. The number of halogens is 2. The second kappa shape index (κ2) is 5.12. The molecule has 3 nitrogen and oxygen atoms in total. The molecule has 0 aromatic carbocycles. The Hall–Kier alpha value is -0.510. The summed E-state index contributed by atoms with van der Waals surface area (Å²) in [5.74, 6) is 3.04. The zero-order valence-corrected chi connectivity index (χ0v) is 12.2. The van der Waals surface area contributed by atoms with Crippen LogP contribution < -0.4 is 4.74 Å². The first-order valence-corrected chi connectivity index (χ1v) is 7.17. The van der Waals surface area contributed by atoms with Gasteiger partial charge in [0.15, 0.2) is 10.9 Å². The molecule has 1 aromatic rings. The molecular weight excluding hydrogens is 283 g/mol. The number of ether oxygens (including phenoxy) is 1. The highest BCUT2D eigenvalue weighted by Gasteiger charge is 2.48. The van der Waals surface area contributed by atoms with Gasteiger partial charge in [0, 0.05) is 37.7 Å². The van der Waals surface area contributed by atoms with Crippen LogP contribution in [0.1, 0.15) is 12.8 Å². The van der Waals surface area contributed by atoms with Gasteiger partial charge in [-0.1, -0.05) is 11.6 Å². The maximum absolute atomic E-state index is 6.20. The Balaban J connectivity index is 0.00000110. The van der Waals surface area contributed by atoms with Crippen molar-refractivity contribution in [2.75, 3.05) is 19.6 Å². The fourth-order valence-corrected chi connectivity index (χ4v) is 4.33. The highest BCUT2D eigenvalue weighted by molar-refractivity contribution is 6.30. The monoisotopic (exact) mass is 300 g/mol. The van der Waals surface area contributed by atoms with Crippen molar-refractivity contribution < 1.29 is 4.74 Å². The molecule has 0 spiro atoms. The Morgan fingerprint density at radius 1 is 1.21 bits per heavy atom. The van der Waals surface area contributed by atoms with E-state index < -0.39 is 0 Å². The Labute approximate surface area is 124 Å². The lowest BCUT2D eigenvalue weighted by molar-refractivity contribution is -0.0985. The Bertz CT molecular complexity index is 441. The van der Waals surface area contributed by atoms with Crippen molar-refractivity contribution >= 4 is 24.0 Å². The van der Waals surface area contributed by atoms with Gasteiger partial charge in [-0.3, -0.25) is 0 Å². The molecule has 4 heterocycles. The van der Waals surface area contributed by atoms with Gasteiger partial charge in [-0.05, 0) is 30.9 Å². The molecule has 1 aliphatic carbocycles. The van der Waals surface area contributed by atoms with Crippen molar-refractivity contribution in [3.8, 4) is 5.75 Å². The van der Waals surface area contributed by atoms with E-state index in [0.717, 1.165) is 11.7 Å². The van der Waals surface area contributed by atoms with E-state index >= 15 is 0 Å². The molecule has 1 aromatic heterocycles. The van der Waals surface area contributed by atoms with E-state index in [0.29, 0.717) is 23.1 Å². The average Bonchev–Trinajstić information content (AvgIpc) is 2.35. The molecule has 0 radical (unpaired) electrons. The van der Waals surface area contributed by atoms with Crippen molar-refractivity contribution in [3.63, 3.8) is 0 Å². The van der Waals surface area contributed by atoms with Crippen LogP contribution in [0, 0.1) is 17.8 Å². The summed E-state index contributed by atoms with van der Waals surface area (Å²) >= 11 is 6.09. The molecule has 4 fully saturated rings. The van der Waals surface area contributed by atoms with Crippen LogP contribution in [0.3, 0.4) is 0 Å². The Morgan fingerprint density at radius 3 is 2.58 bits per heavy atom. The van der Waals surface area contributed by atoms with Crippen molar-refractivity contribution in [1.82, 2.24) is 9.88 Å². The number of piperidine rings is 3. The highest BCUT2D eigenvalue weighted by Crippen LogP contribution is 2.45. The third-order valence-corrected chi connectivity index (χ3v) is 4.97. The van der Waals surface area contributed by atoms with Gasteiger partial charge in [0.1, 0.15) is 6.10 Å². The van der Waals surface area contributed by atoms with Crippen molar-refractivity contribution in [1.29, 1.82) is 0 Å². The topological polar surface area (TPSA) is 25.4 Å². The van der Waals surface area contributed by atoms with Gasteiger partial charge in [-0.25, -0.2) is 4.98 Å². The average molecular weight is 301 g/mol. The second-order valence-corrected chi connectivity index (χ2v) is 6.31. The third-order valence-electron chi connectivity index (χ3n) is 4.69. The SMILES string of the molecule is Cl.Clc1ncccc1OC1C2CC3CC1CN(C3)C2. The number of aromatic nitrogens is 1. The van der Waals surface area contributed by atoms with E-state index in [2.05, 4.69) is 9.88 Å². The van der Waals surface area contributed by atoms with Crippen LogP contribution in [0.15, 0.2) is 18.3 Å². The maximum atomic E-state index is 6.20. The third kappa shape index (κ3) is 2.32. The zero-order chi connectivity index (χ0) is 12.1. The van der Waals surface area contributed by atoms with E-state index in [1.54, 1.807) is 6.20 Å². The van der Waals surface area contributed by atoms with Crippen molar-refractivity contribution in [2.24, 2.45) is 17.8 Å². The van der Waals surface area contributed by atoms with Crippen molar-refractivity contribution in [2.45, 2.75) is 18.9 Å². The summed E-state index contributed by atoms with van der Waals surface area (Å²) in [6.45, 7) is 3.72. The fraction of sp³-hybridized carbons (Fsp3) is 0.643. The van der Waals surface area contributed by atoms with E-state index in [1.807, 2.05) is 12.1 Å². The summed E-state index contributed by atoms with van der Waals surface area (Å²) in [4.78, 5) is 6.70. The lowest BCUT2D eigenvalue weighted by atomic mass is 9.66. The summed E-state index contributed by atoms with van der Waals surface area (Å²) in [7, 11) is 0. The van der Waals surface area contributed by atoms with E-state index in [4.69, 9.17) is 16.3 Å². The molecule has 3 aliphatic heterocycles. The smallest absolute Gasteiger partial charge is 0.171 e. The summed E-state index contributed by atoms with van der Waals surface area (Å²) < 4.78 is 6.20. The molecule has 5 heteroatoms. The number of hydrogen-bond acceptors (Lipinski definition) is 3. The molecule has 3 saturated heterocycles. The minimum absolute atomic E-state index is 0. The maximum Gasteiger partial charge on any atom is 0.171 e. The number of pyridine rings is 1. The van der Waals surface area contributed by atoms with Crippen LogP contribution >= 0.6 is 24.0 Å². The summed E-state index contributed by atoms with van der Waals surface area (Å²) in [5, 5.41) is 0.492. The molecule has 1 saturated carbocycles. The summed E-state index contributed by atoms with van der Waals surface area (Å²) in [6.07, 6.45) is 4.71. The molecule has 0 amide bonds. The highest BCUT2D eigenvalue weighted by atomic mass is 35.5. The quantitative estimate of drug-likeness (QED) is 0.785. The first kappa shape index (κ1) is 13.5. The molecule has 5 rings (SSSR count). The van der Waals surface area contributed by atoms with E-state index in [9.17, 15) is 0 Å². The minimum atomic E-state index is 0. The van der Waals surface area contributed by atoms with E-state index in [1.165, 1.54) is 32.5 Å². The Kier molecular flexibility index (Phi) is 3.63. The zero-order valence-electron chi connectivity index (χ0n) is 10.7. The van der Waals surface area contributed by atoms with Crippen LogP contribution in [0.4, 0.5) is 0 Å². The van der Waals surface area contributed by atoms with Gasteiger partial charge in [0.05, 0.1) is 0 Å². The molecule has 4 aliphatic rings. The van der Waals surface area contributed by atoms with Gasteiger partial charge in [0.25, 0.3) is 0 Å². The minimum Gasteiger partial charge on any atom is -0.487 e. The predicted octanol–water partition coefficient (Wildman–Crippen LogP) is 2.88. The lowest BCUT2D eigenvalue weighted by Crippen LogP contribution is -2.61. The van der Waals surface area contributed by atoms with Crippen LogP contribution in [0.5, 0.6) is 5.75 Å². The van der Waals surface area contributed by atoms with Gasteiger partial charge in [-0.2, -0.15) is 0 Å². The molecule has 19 heavy (non-hydrogen) atoms. The van der Waals surface area contributed by atoms with Crippen LogP contribution in [-0.4, -0.2) is 35.6 Å². The lowest BCUT2D eigenvalue weighted by Gasteiger charge is -2.55. The second-order valence-electron chi connectivity index (χ2n) is 5.95. The summed E-state index contributed by atoms with van der Waals surface area (Å²) in [6, 6.07) is 3.82. The number of rotatable bonds is 2. The first-order chi connectivity index (χ1) is 8.79. The number of nitrogens with zero attached hydrogens (tertiary/aromatic N) is 2.